The maximum atomic E-state index is 12.5. The minimum atomic E-state index is -0.737. The van der Waals surface area contributed by atoms with Crippen LogP contribution in [0.3, 0.4) is 0 Å². The molecule has 3 rings (SSSR count). The zero-order valence-corrected chi connectivity index (χ0v) is 15.2. The average Bonchev–Trinajstić information content (AvgIpc) is 2.57. The number of fused-ring (bicyclic) bond motifs is 1. The third-order valence-corrected chi connectivity index (χ3v) is 4.21. The van der Waals surface area contributed by atoms with Crippen LogP contribution in [0.25, 0.3) is 10.9 Å². The van der Waals surface area contributed by atoms with E-state index in [1.165, 1.54) is 0 Å². The molecule has 128 valence electrons. The van der Waals surface area contributed by atoms with Gasteiger partial charge in [-0.3, -0.25) is 9.78 Å². The number of rotatable bonds is 4. The zero-order valence-electron chi connectivity index (χ0n) is 13.7. The summed E-state index contributed by atoms with van der Waals surface area (Å²) in [5, 5.41) is 4.69. The summed E-state index contributed by atoms with van der Waals surface area (Å²) in [6.45, 7) is 3.57. The molecule has 0 aliphatic carbocycles. The van der Waals surface area contributed by atoms with E-state index < -0.39 is 6.10 Å². The molecule has 0 aliphatic rings. The first-order valence-corrected chi connectivity index (χ1v) is 8.48. The van der Waals surface area contributed by atoms with E-state index in [4.69, 9.17) is 27.9 Å². The highest BCUT2D eigenvalue weighted by atomic mass is 35.5. The molecule has 0 aliphatic heterocycles. The molecular formula is C19H16Cl2N2O2. The molecule has 0 fully saturated rings. The lowest BCUT2D eigenvalue weighted by Crippen LogP contribution is -2.30. The van der Waals surface area contributed by atoms with Crippen molar-refractivity contribution in [1.29, 1.82) is 0 Å². The van der Waals surface area contributed by atoms with Gasteiger partial charge in [0.1, 0.15) is 5.75 Å². The lowest BCUT2D eigenvalue weighted by atomic mass is 10.1. The Morgan fingerprint density at radius 3 is 2.72 bits per heavy atom. The fourth-order valence-electron chi connectivity index (χ4n) is 2.39. The number of hydrogen-bond donors (Lipinski definition) is 1. The number of anilines is 1. The zero-order chi connectivity index (χ0) is 18.0. The Morgan fingerprint density at radius 2 is 1.96 bits per heavy atom. The first-order chi connectivity index (χ1) is 11.9. The SMILES string of the molecule is Cc1ccc2cccc(NC(=O)C(C)Oc3ccc(Cl)cc3Cl)c2n1. The second kappa shape index (κ2) is 7.30. The van der Waals surface area contributed by atoms with Crippen molar-refractivity contribution < 1.29 is 9.53 Å². The van der Waals surface area contributed by atoms with Crippen LogP contribution >= 0.6 is 23.2 Å². The number of hydrogen-bond acceptors (Lipinski definition) is 3. The first kappa shape index (κ1) is 17.5. The predicted octanol–water partition coefficient (Wildman–Crippen LogP) is 5.26. The van der Waals surface area contributed by atoms with E-state index in [1.54, 1.807) is 25.1 Å². The predicted molar refractivity (Wildman–Crippen MR) is 102 cm³/mol. The number of carbonyl (C=O) groups excluding carboxylic acids is 1. The Morgan fingerprint density at radius 1 is 1.16 bits per heavy atom. The molecule has 2 aromatic carbocycles. The second-order valence-corrected chi connectivity index (χ2v) is 6.50. The van der Waals surface area contributed by atoms with E-state index in [9.17, 15) is 4.79 Å². The number of nitrogens with zero attached hydrogens (tertiary/aromatic N) is 1. The molecule has 3 aromatic rings. The van der Waals surface area contributed by atoms with Crippen molar-refractivity contribution in [2.24, 2.45) is 0 Å². The minimum Gasteiger partial charge on any atom is -0.479 e. The Bertz CT molecular complexity index is 944. The number of amides is 1. The number of aryl methyl sites for hydroxylation is 1. The average molecular weight is 375 g/mol. The van der Waals surface area contributed by atoms with Gasteiger partial charge in [0.2, 0.25) is 0 Å². The topological polar surface area (TPSA) is 51.2 Å². The third kappa shape index (κ3) is 4.03. The molecule has 0 spiro atoms. The van der Waals surface area contributed by atoms with Crippen LogP contribution in [0.2, 0.25) is 10.0 Å². The lowest BCUT2D eigenvalue weighted by Gasteiger charge is -2.16. The lowest BCUT2D eigenvalue weighted by molar-refractivity contribution is -0.122. The molecule has 1 amide bonds. The third-order valence-electron chi connectivity index (χ3n) is 3.68. The summed E-state index contributed by atoms with van der Waals surface area (Å²) in [5.41, 5.74) is 2.27. The van der Waals surface area contributed by atoms with Crippen LogP contribution in [0.5, 0.6) is 5.75 Å². The number of para-hydroxylation sites is 1. The molecule has 0 saturated heterocycles. The Labute approximate surface area is 155 Å². The monoisotopic (exact) mass is 374 g/mol. The van der Waals surface area contributed by atoms with E-state index >= 15 is 0 Å². The van der Waals surface area contributed by atoms with Gasteiger partial charge in [0.25, 0.3) is 5.91 Å². The Kier molecular flexibility index (Phi) is 5.11. The summed E-state index contributed by atoms with van der Waals surface area (Å²) in [6.07, 6.45) is -0.737. The van der Waals surface area contributed by atoms with Gasteiger partial charge in [0, 0.05) is 16.1 Å². The van der Waals surface area contributed by atoms with Crippen molar-refractivity contribution in [2.45, 2.75) is 20.0 Å². The summed E-state index contributed by atoms with van der Waals surface area (Å²) >= 11 is 11.9. The van der Waals surface area contributed by atoms with E-state index in [-0.39, 0.29) is 5.91 Å². The number of benzene rings is 2. The van der Waals surface area contributed by atoms with Gasteiger partial charge in [0.05, 0.1) is 16.2 Å². The van der Waals surface area contributed by atoms with Crippen molar-refractivity contribution in [2.75, 3.05) is 5.32 Å². The van der Waals surface area contributed by atoms with Gasteiger partial charge in [0.15, 0.2) is 6.10 Å². The van der Waals surface area contributed by atoms with Crippen molar-refractivity contribution in [3.05, 3.63) is 64.3 Å². The van der Waals surface area contributed by atoms with Gasteiger partial charge in [-0.05, 0) is 44.2 Å². The molecule has 1 unspecified atom stereocenters. The number of ether oxygens (including phenoxy) is 1. The molecule has 1 atom stereocenters. The maximum Gasteiger partial charge on any atom is 0.265 e. The van der Waals surface area contributed by atoms with Gasteiger partial charge in [-0.15, -0.1) is 0 Å². The minimum absolute atomic E-state index is 0.290. The number of pyridine rings is 1. The number of nitrogens with one attached hydrogen (secondary N) is 1. The van der Waals surface area contributed by atoms with Crippen molar-refractivity contribution >= 4 is 45.7 Å². The quantitative estimate of drug-likeness (QED) is 0.677. The number of carbonyl (C=O) groups is 1. The van der Waals surface area contributed by atoms with E-state index in [2.05, 4.69) is 10.3 Å². The van der Waals surface area contributed by atoms with Crippen LogP contribution in [-0.4, -0.2) is 17.0 Å². The number of halogens is 2. The fourth-order valence-corrected chi connectivity index (χ4v) is 2.85. The van der Waals surface area contributed by atoms with Crippen molar-refractivity contribution in [3.63, 3.8) is 0 Å². The highest BCUT2D eigenvalue weighted by molar-refractivity contribution is 6.35. The summed E-state index contributed by atoms with van der Waals surface area (Å²) in [4.78, 5) is 17.0. The maximum absolute atomic E-state index is 12.5. The van der Waals surface area contributed by atoms with Gasteiger partial charge in [-0.25, -0.2) is 0 Å². The molecular weight excluding hydrogens is 359 g/mol. The van der Waals surface area contributed by atoms with E-state index in [1.807, 2.05) is 37.3 Å². The van der Waals surface area contributed by atoms with Crippen molar-refractivity contribution in [1.82, 2.24) is 4.98 Å². The van der Waals surface area contributed by atoms with Crippen molar-refractivity contribution in [3.8, 4) is 5.75 Å². The fraction of sp³-hybridized carbons (Fsp3) is 0.158. The van der Waals surface area contributed by atoms with Crippen LogP contribution in [-0.2, 0) is 4.79 Å². The summed E-state index contributed by atoms with van der Waals surface area (Å²) < 4.78 is 5.65. The van der Waals surface area contributed by atoms with Crippen LogP contribution in [0.15, 0.2) is 48.5 Å². The van der Waals surface area contributed by atoms with E-state index in [0.717, 1.165) is 16.6 Å². The Balaban J connectivity index is 1.79. The molecule has 0 bridgehead atoms. The van der Waals surface area contributed by atoms with Crippen LogP contribution in [0.4, 0.5) is 5.69 Å². The van der Waals surface area contributed by atoms with Crippen LogP contribution < -0.4 is 10.1 Å². The highest BCUT2D eigenvalue weighted by Crippen LogP contribution is 2.28. The summed E-state index contributed by atoms with van der Waals surface area (Å²) in [7, 11) is 0. The van der Waals surface area contributed by atoms with Gasteiger partial charge in [-0.2, -0.15) is 0 Å². The number of aromatic nitrogens is 1. The van der Waals surface area contributed by atoms with Gasteiger partial charge < -0.3 is 10.1 Å². The first-order valence-electron chi connectivity index (χ1n) is 7.73. The highest BCUT2D eigenvalue weighted by Gasteiger charge is 2.17. The molecule has 1 aromatic heterocycles. The largest absolute Gasteiger partial charge is 0.479 e. The normalized spacial score (nSPS) is 12.0. The molecule has 25 heavy (non-hydrogen) atoms. The summed E-state index contributed by atoms with van der Waals surface area (Å²) in [5.74, 6) is 0.113. The molecule has 0 saturated carbocycles. The molecule has 0 radical (unpaired) electrons. The van der Waals surface area contributed by atoms with Gasteiger partial charge in [-0.1, -0.05) is 41.4 Å². The molecule has 4 nitrogen and oxygen atoms in total. The molecule has 6 heteroatoms. The molecule has 1 heterocycles. The molecule has 1 N–H and O–H groups in total. The smallest absolute Gasteiger partial charge is 0.265 e. The van der Waals surface area contributed by atoms with Gasteiger partial charge >= 0.3 is 0 Å². The second-order valence-electron chi connectivity index (χ2n) is 5.65. The van der Waals surface area contributed by atoms with Crippen LogP contribution in [0.1, 0.15) is 12.6 Å². The Hall–Kier alpha value is -2.30. The van der Waals surface area contributed by atoms with E-state index in [0.29, 0.717) is 21.5 Å². The standard InChI is InChI=1S/C19H16Cl2N2O2/c1-11-6-7-13-4-3-5-16(18(13)22-11)23-19(24)12(2)25-17-9-8-14(20)10-15(17)21/h3-10,12H,1-2H3,(H,23,24). The van der Waals surface area contributed by atoms with Crippen LogP contribution in [0, 0.1) is 6.92 Å². The summed E-state index contributed by atoms with van der Waals surface area (Å²) in [6, 6.07) is 14.4.